The van der Waals surface area contributed by atoms with Crippen LogP contribution in [0.5, 0.6) is 0 Å². The Labute approximate surface area is 159 Å². The first-order valence-electron chi connectivity index (χ1n) is 9.51. The van der Waals surface area contributed by atoms with E-state index in [2.05, 4.69) is 36.7 Å². The van der Waals surface area contributed by atoms with Crippen molar-refractivity contribution < 1.29 is 4.74 Å². The van der Waals surface area contributed by atoms with Crippen molar-refractivity contribution >= 4 is 17.3 Å². The summed E-state index contributed by atoms with van der Waals surface area (Å²) in [6.07, 6.45) is 3.83. The highest BCUT2D eigenvalue weighted by atomic mass is 35.5. The van der Waals surface area contributed by atoms with Crippen LogP contribution in [-0.4, -0.2) is 52.5 Å². The van der Waals surface area contributed by atoms with Gasteiger partial charge in [0.15, 0.2) is 11.6 Å². The highest BCUT2D eigenvalue weighted by molar-refractivity contribution is 6.30. The summed E-state index contributed by atoms with van der Waals surface area (Å²) in [4.78, 5) is 4.95. The SMILES string of the molecule is Clc1ccc(N(CCCN2CCCC2)Cc2nnc3n2CCOC3)cc1. The van der Waals surface area contributed by atoms with E-state index >= 15 is 0 Å². The molecule has 6 nitrogen and oxygen atoms in total. The van der Waals surface area contributed by atoms with Gasteiger partial charge >= 0.3 is 0 Å². The third-order valence-corrected chi connectivity index (χ3v) is 5.47. The van der Waals surface area contributed by atoms with Gasteiger partial charge in [-0.1, -0.05) is 11.6 Å². The van der Waals surface area contributed by atoms with Gasteiger partial charge in [-0.2, -0.15) is 0 Å². The first-order chi connectivity index (χ1) is 12.8. The Hall–Kier alpha value is -1.63. The molecule has 0 N–H and O–H groups in total. The van der Waals surface area contributed by atoms with Crippen molar-refractivity contribution in [2.24, 2.45) is 0 Å². The Kier molecular flexibility index (Phi) is 5.72. The van der Waals surface area contributed by atoms with Crippen LogP contribution in [0.25, 0.3) is 0 Å². The van der Waals surface area contributed by atoms with Crippen molar-refractivity contribution in [1.29, 1.82) is 0 Å². The molecule has 2 aromatic rings. The van der Waals surface area contributed by atoms with E-state index < -0.39 is 0 Å². The molecule has 0 bridgehead atoms. The van der Waals surface area contributed by atoms with Gasteiger partial charge in [0.05, 0.1) is 13.2 Å². The van der Waals surface area contributed by atoms with Gasteiger partial charge < -0.3 is 19.1 Å². The van der Waals surface area contributed by atoms with Crippen molar-refractivity contribution in [1.82, 2.24) is 19.7 Å². The molecule has 1 aromatic carbocycles. The van der Waals surface area contributed by atoms with E-state index in [9.17, 15) is 0 Å². The number of aromatic nitrogens is 3. The molecule has 0 radical (unpaired) electrons. The predicted octanol–water partition coefficient (Wildman–Crippen LogP) is 2.95. The molecule has 0 unspecified atom stereocenters. The van der Waals surface area contributed by atoms with Gasteiger partial charge in [0.1, 0.15) is 6.61 Å². The van der Waals surface area contributed by atoms with Crippen molar-refractivity contribution in [2.75, 3.05) is 37.7 Å². The molecule has 3 heterocycles. The maximum absolute atomic E-state index is 6.08. The van der Waals surface area contributed by atoms with Crippen LogP contribution in [0.2, 0.25) is 5.02 Å². The van der Waals surface area contributed by atoms with Gasteiger partial charge in [-0.15, -0.1) is 10.2 Å². The summed E-state index contributed by atoms with van der Waals surface area (Å²) in [5.74, 6) is 1.94. The fraction of sp³-hybridized carbons (Fsp3) is 0.579. The minimum Gasteiger partial charge on any atom is -0.372 e. The first-order valence-corrected chi connectivity index (χ1v) is 9.89. The maximum Gasteiger partial charge on any atom is 0.159 e. The second-order valence-electron chi connectivity index (χ2n) is 7.04. The molecule has 2 aliphatic heterocycles. The van der Waals surface area contributed by atoms with Crippen molar-refractivity contribution in [3.63, 3.8) is 0 Å². The van der Waals surface area contributed by atoms with Gasteiger partial charge in [-0.25, -0.2) is 0 Å². The highest BCUT2D eigenvalue weighted by Gasteiger charge is 2.19. The van der Waals surface area contributed by atoms with E-state index in [0.29, 0.717) is 6.61 Å². The van der Waals surface area contributed by atoms with Crippen molar-refractivity contribution in [3.05, 3.63) is 40.9 Å². The van der Waals surface area contributed by atoms with Gasteiger partial charge in [0.2, 0.25) is 0 Å². The summed E-state index contributed by atoms with van der Waals surface area (Å²) >= 11 is 6.08. The zero-order chi connectivity index (χ0) is 17.8. The largest absolute Gasteiger partial charge is 0.372 e. The standard InChI is InChI=1S/C19H26ClN5O/c20-16-4-6-17(7-5-16)24(11-3-10-23-8-1-2-9-23)14-18-21-22-19-15-26-13-12-25(18)19/h4-7H,1-3,8-15H2. The zero-order valence-corrected chi connectivity index (χ0v) is 15.9. The summed E-state index contributed by atoms with van der Waals surface area (Å²) in [7, 11) is 0. The lowest BCUT2D eigenvalue weighted by Crippen LogP contribution is -2.30. The molecule has 2 aliphatic rings. The Balaban J connectivity index is 1.46. The quantitative estimate of drug-likeness (QED) is 0.744. The number of rotatable bonds is 7. The summed E-state index contributed by atoms with van der Waals surface area (Å²) < 4.78 is 7.68. The summed E-state index contributed by atoms with van der Waals surface area (Å²) in [6.45, 7) is 7.54. The average molecular weight is 376 g/mol. The first kappa shape index (κ1) is 17.8. The number of hydrogen-bond donors (Lipinski definition) is 0. The second kappa shape index (κ2) is 8.37. The minimum atomic E-state index is 0.558. The number of ether oxygens (including phenoxy) is 1. The van der Waals surface area contributed by atoms with Gasteiger partial charge in [0, 0.05) is 23.8 Å². The topological polar surface area (TPSA) is 46.4 Å². The van der Waals surface area contributed by atoms with Crippen LogP contribution in [0.4, 0.5) is 5.69 Å². The number of likely N-dealkylation sites (tertiary alicyclic amines) is 1. The molecule has 0 aliphatic carbocycles. The van der Waals surface area contributed by atoms with Crippen molar-refractivity contribution in [3.8, 4) is 0 Å². The monoisotopic (exact) mass is 375 g/mol. The molecule has 1 fully saturated rings. The Morgan fingerprint density at radius 1 is 1.08 bits per heavy atom. The van der Waals surface area contributed by atoms with E-state index in [4.69, 9.17) is 16.3 Å². The Bertz CT molecular complexity index is 711. The van der Waals surface area contributed by atoms with Gasteiger partial charge in [-0.3, -0.25) is 0 Å². The number of nitrogens with zero attached hydrogens (tertiary/aromatic N) is 5. The zero-order valence-electron chi connectivity index (χ0n) is 15.1. The van der Waals surface area contributed by atoms with E-state index in [1.165, 1.54) is 31.6 Å². The van der Waals surface area contributed by atoms with E-state index in [1.54, 1.807) is 0 Å². The third kappa shape index (κ3) is 4.19. The fourth-order valence-corrected chi connectivity index (χ4v) is 3.91. The highest BCUT2D eigenvalue weighted by Crippen LogP contribution is 2.21. The Morgan fingerprint density at radius 3 is 2.69 bits per heavy atom. The summed E-state index contributed by atoms with van der Waals surface area (Å²) in [5, 5.41) is 9.48. The van der Waals surface area contributed by atoms with Gasteiger partial charge in [0.25, 0.3) is 0 Å². The smallest absolute Gasteiger partial charge is 0.159 e. The molecule has 4 rings (SSSR count). The molecule has 7 heteroatoms. The van der Waals surface area contributed by atoms with E-state index in [0.717, 1.165) is 55.9 Å². The molecular weight excluding hydrogens is 350 g/mol. The summed E-state index contributed by atoms with van der Waals surface area (Å²) in [6, 6.07) is 8.10. The molecule has 0 amide bonds. The normalized spacial score (nSPS) is 17.4. The van der Waals surface area contributed by atoms with E-state index in [1.807, 2.05) is 12.1 Å². The number of benzene rings is 1. The Morgan fingerprint density at radius 2 is 1.88 bits per heavy atom. The van der Waals surface area contributed by atoms with E-state index in [-0.39, 0.29) is 0 Å². The van der Waals surface area contributed by atoms with Crippen LogP contribution in [-0.2, 0) is 24.4 Å². The van der Waals surface area contributed by atoms with Crippen LogP contribution in [0.3, 0.4) is 0 Å². The number of halogens is 1. The second-order valence-corrected chi connectivity index (χ2v) is 7.47. The summed E-state index contributed by atoms with van der Waals surface area (Å²) in [5.41, 5.74) is 1.18. The average Bonchev–Trinajstić information content (AvgIpc) is 3.32. The minimum absolute atomic E-state index is 0.558. The van der Waals surface area contributed by atoms with Crippen LogP contribution in [0.15, 0.2) is 24.3 Å². The van der Waals surface area contributed by atoms with Crippen LogP contribution < -0.4 is 4.90 Å². The van der Waals surface area contributed by atoms with Crippen LogP contribution >= 0.6 is 11.6 Å². The lowest BCUT2D eigenvalue weighted by Gasteiger charge is -2.26. The third-order valence-electron chi connectivity index (χ3n) is 5.22. The molecule has 0 atom stereocenters. The van der Waals surface area contributed by atoms with Crippen LogP contribution in [0, 0.1) is 0 Å². The lowest BCUT2D eigenvalue weighted by atomic mass is 10.2. The number of anilines is 1. The van der Waals surface area contributed by atoms with Gasteiger partial charge in [-0.05, 0) is 63.2 Å². The lowest BCUT2D eigenvalue weighted by molar-refractivity contribution is 0.0806. The molecule has 1 saturated heterocycles. The van der Waals surface area contributed by atoms with Crippen molar-refractivity contribution in [2.45, 2.75) is 39.0 Å². The molecule has 140 valence electrons. The van der Waals surface area contributed by atoms with Crippen LogP contribution in [0.1, 0.15) is 30.9 Å². The number of fused-ring (bicyclic) bond motifs is 1. The predicted molar refractivity (Wildman–Crippen MR) is 102 cm³/mol. The molecule has 1 aromatic heterocycles. The fourth-order valence-electron chi connectivity index (χ4n) is 3.79. The molecule has 0 saturated carbocycles. The molecular formula is C19H26ClN5O. The number of hydrogen-bond acceptors (Lipinski definition) is 5. The maximum atomic E-state index is 6.08. The molecule has 26 heavy (non-hydrogen) atoms. The molecule has 0 spiro atoms.